The van der Waals surface area contributed by atoms with Gasteiger partial charge in [-0.1, -0.05) is 31.5 Å². The zero-order valence-electron chi connectivity index (χ0n) is 12.2. The van der Waals surface area contributed by atoms with Crippen LogP contribution < -0.4 is 10.6 Å². The van der Waals surface area contributed by atoms with Crippen LogP contribution in [0.5, 0.6) is 0 Å². The zero-order valence-corrected chi connectivity index (χ0v) is 13.0. The van der Waals surface area contributed by atoms with E-state index in [1.165, 1.54) is 17.7 Å². The number of hydrogen-bond donors (Lipinski definition) is 1. The van der Waals surface area contributed by atoms with Crippen LogP contribution in [0.1, 0.15) is 32.8 Å². The Kier molecular flexibility index (Phi) is 4.75. The van der Waals surface area contributed by atoms with Crippen molar-refractivity contribution in [2.45, 2.75) is 39.7 Å². The molecule has 19 heavy (non-hydrogen) atoms. The average Bonchev–Trinajstić information content (AvgIpc) is 2.29. The summed E-state index contributed by atoms with van der Waals surface area (Å²) in [6.45, 7) is 8.96. The van der Waals surface area contributed by atoms with E-state index in [0.29, 0.717) is 0 Å². The highest BCUT2D eigenvalue weighted by Crippen LogP contribution is 2.31. The zero-order chi connectivity index (χ0) is 14.0. The summed E-state index contributed by atoms with van der Waals surface area (Å²) < 4.78 is 0. The molecule has 3 unspecified atom stereocenters. The molecule has 0 amide bonds. The molecule has 1 heterocycles. The number of nitrogens with zero attached hydrogens (tertiary/aromatic N) is 1. The maximum atomic E-state index is 6.19. The molecule has 0 aromatic heterocycles. The van der Waals surface area contributed by atoms with Crippen LogP contribution in [-0.4, -0.2) is 19.1 Å². The molecular formula is C16H25ClN2. The Morgan fingerprint density at radius 1 is 1.32 bits per heavy atom. The molecule has 0 aliphatic carbocycles. The first kappa shape index (κ1) is 14.7. The van der Waals surface area contributed by atoms with Crippen molar-refractivity contribution < 1.29 is 0 Å². The smallest absolute Gasteiger partial charge is 0.0426 e. The average molecular weight is 281 g/mol. The van der Waals surface area contributed by atoms with Crippen LogP contribution in [0.4, 0.5) is 5.69 Å². The molecule has 1 aliphatic heterocycles. The molecule has 0 saturated carbocycles. The molecule has 1 fully saturated rings. The van der Waals surface area contributed by atoms with E-state index in [1.54, 1.807) is 0 Å². The highest BCUT2D eigenvalue weighted by molar-refractivity contribution is 6.30. The number of nitrogens with two attached hydrogens (primary N) is 1. The molecule has 1 aromatic rings. The molecule has 1 aliphatic rings. The summed E-state index contributed by atoms with van der Waals surface area (Å²) >= 11 is 6.19. The fourth-order valence-corrected chi connectivity index (χ4v) is 3.38. The van der Waals surface area contributed by atoms with Crippen molar-refractivity contribution in [2.24, 2.45) is 17.6 Å². The molecule has 1 saturated heterocycles. The Balaban J connectivity index is 2.28. The van der Waals surface area contributed by atoms with Gasteiger partial charge >= 0.3 is 0 Å². The lowest BCUT2D eigenvalue weighted by atomic mass is 9.91. The quantitative estimate of drug-likeness (QED) is 0.914. The Morgan fingerprint density at radius 2 is 1.95 bits per heavy atom. The first-order valence-corrected chi connectivity index (χ1v) is 7.62. The largest absolute Gasteiger partial charge is 0.371 e. The van der Waals surface area contributed by atoms with Crippen LogP contribution in [0.3, 0.4) is 0 Å². The monoisotopic (exact) mass is 280 g/mol. The van der Waals surface area contributed by atoms with Gasteiger partial charge in [0.05, 0.1) is 0 Å². The number of benzene rings is 1. The van der Waals surface area contributed by atoms with E-state index >= 15 is 0 Å². The van der Waals surface area contributed by atoms with Gasteiger partial charge in [0.15, 0.2) is 0 Å². The summed E-state index contributed by atoms with van der Waals surface area (Å²) in [6, 6.07) is 6.38. The molecule has 106 valence electrons. The standard InChI is InChI=1S/C16H25ClN2/c1-11-6-12(2)10-19(9-11)16-8-15(17)5-4-14(16)7-13(3)18/h4-5,8,11-13H,6-7,9-10,18H2,1-3H3. The molecule has 2 N–H and O–H groups in total. The van der Waals surface area contributed by atoms with E-state index in [1.807, 2.05) is 6.07 Å². The molecule has 3 heteroatoms. The van der Waals surface area contributed by atoms with Gasteiger partial charge in [-0.3, -0.25) is 0 Å². The van der Waals surface area contributed by atoms with Crippen LogP contribution in [-0.2, 0) is 6.42 Å². The fraction of sp³-hybridized carbons (Fsp3) is 0.625. The van der Waals surface area contributed by atoms with Gasteiger partial charge in [-0.2, -0.15) is 0 Å². The van der Waals surface area contributed by atoms with E-state index in [9.17, 15) is 0 Å². The minimum Gasteiger partial charge on any atom is -0.371 e. The Bertz CT molecular complexity index is 421. The van der Waals surface area contributed by atoms with Crippen molar-refractivity contribution in [3.63, 3.8) is 0 Å². The summed E-state index contributed by atoms with van der Waals surface area (Å²) in [4.78, 5) is 2.49. The number of anilines is 1. The van der Waals surface area contributed by atoms with Crippen molar-refractivity contribution in [3.8, 4) is 0 Å². The predicted molar refractivity (Wildman–Crippen MR) is 84.0 cm³/mol. The minimum absolute atomic E-state index is 0.180. The summed E-state index contributed by atoms with van der Waals surface area (Å²) in [5.74, 6) is 1.48. The summed E-state index contributed by atoms with van der Waals surface area (Å²) in [7, 11) is 0. The third-order valence-electron chi connectivity index (χ3n) is 3.80. The Labute approximate surface area is 121 Å². The highest BCUT2D eigenvalue weighted by atomic mass is 35.5. The van der Waals surface area contributed by atoms with Crippen LogP contribution in [0.25, 0.3) is 0 Å². The second kappa shape index (κ2) is 6.15. The van der Waals surface area contributed by atoms with Gasteiger partial charge in [0.25, 0.3) is 0 Å². The lowest BCUT2D eigenvalue weighted by Gasteiger charge is -2.38. The first-order chi connectivity index (χ1) is 8.95. The molecule has 1 aromatic carbocycles. The van der Waals surface area contributed by atoms with Crippen molar-refractivity contribution in [2.75, 3.05) is 18.0 Å². The number of hydrogen-bond acceptors (Lipinski definition) is 2. The van der Waals surface area contributed by atoms with Gasteiger partial charge in [-0.25, -0.2) is 0 Å². The van der Waals surface area contributed by atoms with E-state index in [-0.39, 0.29) is 6.04 Å². The maximum Gasteiger partial charge on any atom is 0.0426 e. The lowest BCUT2D eigenvalue weighted by molar-refractivity contribution is 0.356. The van der Waals surface area contributed by atoms with E-state index in [2.05, 4.69) is 37.8 Å². The van der Waals surface area contributed by atoms with Crippen LogP contribution in [0, 0.1) is 11.8 Å². The maximum absolute atomic E-state index is 6.19. The minimum atomic E-state index is 0.180. The second-order valence-electron chi connectivity index (χ2n) is 6.31. The SMILES string of the molecule is CC(N)Cc1ccc(Cl)cc1N1CC(C)CC(C)C1. The lowest BCUT2D eigenvalue weighted by Crippen LogP contribution is -2.39. The Morgan fingerprint density at radius 3 is 2.53 bits per heavy atom. The van der Waals surface area contributed by atoms with Crippen LogP contribution >= 0.6 is 11.6 Å². The van der Waals surface area contributed by atoms with Crippen molar-refractivity contribution in [3.05, 3.63) is 28.8 Å². The topological polar surface area (TPSA) is 29.3 Å². The molecular weight excluding hydrogens is 256 g/mol. The molecule has 0 radical (unpaired) electrons. The molecule has 2 nitrogen and oxygen atoms in total. The summed E-state index contributed by atoms with van der Waals surface area (Å²) in [6.07, 6.45) is 2.23. The van der Waals surface area contributed by atoms with Crippen molar-refractivity contribution in [1.29, 1.82) is 0 Å². The number of piperidine rings is 1. The molecule has 2 rings (SSSR count). The van der Waals surface area contributed by atoms with Crippen LogP contribution in [0.2, 0.25) is 5.02 Å². The summed E-state index contributed by atoms with van der Waals surface area (Å²) in [5, 5.41) is 0.814. The molecule has 3 atom stereocenters. The number of rotatable bonds is 3. The van der Waals surface area contributed by atoms with Gasteiger partial charge in [0, 0.05) is 29.8 Å². The van der Waals surface area contributed by atoms with E-state index in [4.69, 9.17) is 17.3 Å². The highest BCUT2D eigenvalue weighted by Gasteiger charge is 2.23. The van der Waals surface area contributed by atoms with Gasteiger partial charge in [-0.05, 0) is 49.3 Å². The molecule has 0 spiro atoms. The Hall–Kier alpha value is -0.730. The third kappa shape index (κ3) is 3.87. The van der Waals surface area contributed by atoms with Crippen molar-refractivity contribution in [1.82, 2.24) is 0 Å². The normalized spacial score (nSPS) is 25.4. The van der Waals surface area contributed by atoms with Gasteiger partial charge in [0.1, 0.15) is 0 Å². The van der Waals surface area contributed by atoms with Gasteiger partial charge < -0.3 is 10.6 Å². The second-order valence-corrected chi connectivity index (χ2v) is 6.74. The first-order valence-electron chi connectivity index (χ1n) is 7.24. The predicted octanol–water partition coefficient (Wildman–Crippen LogP) is 3.71. The third-order valence-corrected chi connectivity index (χ3v) is 4.03. The molecule has 0 bridgehead atoms. The fourth-order valence-electron chi connectivity index (χ4n) is 3.21. The van der Waals surface area contributed by atoms with E-state index in [0.717, 1.165) is 36.4 Å². The van der Waals surface area contributed by atoms with Gasteiger partial charge in [0.2, 0.25) is 0 Å². The number of halogens is 1. The van der Waals surface area contributed by atoms with Crippen molar-refractivity contribution >= 4 is 17.3 Å². The summed E-state index contributed by atoms with van der Waals surface area (Å²) in [5.41, 5.74) is 8.56. The van der Waals surface area contributed by atoms with E-state index < -0.39 is 0 Å². The van der Waals surface area contributed by atoms with Crippen LogP contribution in [0.15, 0.2) is 18.2 Å². The van der Waals surface area contributed by atoms with Gasteiger partial charge in [-0.15, -0.1) is 0 Å².